The molecule has 3 heteroatoms. The number of ether oxygens (including phenoxy) is 1. The van der Waals surface area contributed by atoms with E-state index in [2.05, 4.69) is 19.9 Å². The Morgan fingerprint density at radius 3 is 2.65 bits per heavy atom. The fourth-order valence-corrected chi connectivity index (χ4v) is 6.52. The number of hydrogen-bond acceptors (Lipinski definition) is 3. The predicted octanol–water partition coefficient (Wildman–Crippen LogP) is 5.25. The van der Waals surface area contributed by atoms with Crippen molar-refractivity contribution in [2.24, 2.45) is 29.1 Å². The third kappa shape index (κ3) is 3.87. The molecule has 0 aromatic rings. The van der Waals surface area contributed by atoms with Crippen LogP contribution in [0, 0.1) is 40.4 Å². The van der Waals surface area contributed by atoms with Gasteiger partial charge in [-0.25, -0.2) is 0 Å². The lowest BCUT2D eigenvalue weighted by atomic mass is 9.60. The summed E-state index contributed by atoms with van der Waals surface area (Å²) in [5.74, 6) is 2.74. The van der Waals surface area contributed by atoms with Gasteiger partial charge in [0.2, 0.25) is 0 Å². The molecule has 146 valence electrons. The van der Waals surface area contributed by atoms with Gasteiger partial charge in [-0.3, -0.25) is 0 Å². The smallest absolute Gasteiger partial charge is 0.0911 e. The van der Waals surface area contributed by atoms with Crippen LogP contribution in [-0.2, 0) is 4.74 Å². The lowest BCUT2D eigenvalue weighted by Gasteiger charge is -2.47. The first-order valence-electron chi connectivity index (χ1n) is 10.6. The summed E-state index contributed by atoms with van der Waals surface area (Å²) in [6, 6.07) is 2.28. The highest BCUT2D eigenvalue weighted by Gasteiger charge is 2.51. The maximum atomic E-state index is 10.5. The van der Waals surface area contributed by atoms with Crippen molar-refractivity contribution in [2.45, 2.75) is 90.3 Å². The van der Waals surface area contributed by atoms with Crippen LogP contribution in [0.4, 0.5) is 0 Å². The third-order valence-electron chi connectivity index (χ3n) is 8.19. The largest absolute Gasteiger partial charge is 0.390 e. The van der Waals surface area contributed by atoms with Crippen LogP contribution in [0.25, 0.3) is 0 Å². The van der Waals surface area contributed by atoms with Gasteiger partial charge in [-0.15, -0.1) is 0 Å². The summed E-state index contributed by atoms with van der Waals surface area (Å²) in [4.78, 5) is 0. The molecule has 7 unspecified atom stereocenters. The van der Waals surface area contributed by atoms with Gasteiger partial charge in [0.25, 0.3) is 0 Å². The molecule has 0 bridgehead atoms. The van der Waals surface area contributed by atoms with Crippen molar-refractivity contribution in [2.75, 3.05) is 7.11 Å². The van der Waals surface area contributed by atoms with Gasteiger partial charge in [0.1, 0.15) is 0 Å². The molecule has 3 rings (SSSR count). The van der Waals surface area contributed by atoms with Crippen molar-refractivity contribution in [3.05, 3.63) is 11.6 Å². The molecule has 0 radical (unpaired) electrons. The number of allylic oxidation sites excluding steroid dienone is 2. The number of nitrogens with zero attached hydrogens (tertiary/aromatic N) is 1. The average Bonchev–Trinajstić information content (AvgIpc) is 2.92. The molecule has 0 heterocycles. The van der Waals surface area contributed by atoms with Gasteiger partial charge in [0.05, 0.1) is 17.8 Å². The molecular weight excluding hydrogens is 322 g/mol. The van der Waals surface area contributed by atoms with Gasteiger partial charge in [-0.1, -0.05) is 19.4 Å². The Kier molecular flexibility index (Phi) is 5.85. The summed E-state index contributed by atoms with van der Waals surface area (Å²) in [7, 11) is 1.84. The van der Waals surface area contributed by atoms with Crippen LogP contribution in [0.15, 0.2) is 11.6 Å². The molecule has 0 spiro atoms. The van der Waals surface area contributed by atoms with E-state index in [-0.39, 0.29) is 5.41 Å². The standard InChI is InChI=1S/C23H37NO2/c1-16-9-11-22(2,25)14-18(16)6-5-17-13-20(26-4)15-23(3)19(10-12-24)7-8-21(17)23/h10,16-18,20-21,25H,5-9,11,13-15H2,1-4H3. The molecule has 3 fully saturated rings. The molecule has 1 N–H and O–H groups in total. The molecule has 0 amide bonds. The number of nitriles is 1. The van der Waals surface area contributed by atoms with Crippen LogP contribution in [0.5, 0.6) is 0 Å². The van der Waals surface area contributed by atoms with E-state index in [1.54, 1.807) is 0 Å². The van der Waals surface area contributed by atoms with Crippen LogP contribution in [-0.4, -0.2) is 23.9 Å². The lowest BCUT2D eigenvalue weighted by Crippen LogP contribution is -2.41. The Morgan fingerprint density at radius 2 is 1.96 bits per heavy atom. The maximum Gasteiger partial charge on any atom is 0.0911 e. The van der Waals surface area contributed by atoms with Crippen molar-refractivity contribution in [3.8, 4) is 6.07 Å². The molecule has 26 heavy (non-hydrogen) atoms. The second-order valence-corrected chi connectivity index (χ2v) is 9.97. The minimum absolute atomic E-state index is 0.142. The number of fused-ring (bicyclic) bond motifs is 1. The fraction of sp³-hybridized carbons (Fsp3) is 0.870. The highest BCUT2D eigenvalue weighted by atomic mass is 16.5. The van der Waals surface area contributed by atoms with Crippen molar-refractivity contribution < 1.29 is 9.84 Å². The van der Waals surface area contributed by atoms with Gasteiger partial charge in [0.15, 0.2) is 0 Å². The van der Waals surface area contributed by atoms with Crippen molar-refractivity contribution in [3.63, 3.8) is 0 Å². The zero-order chi connectivity index (χ0) is 18.9. The van der Waals surface area contributed by atoms with Crippen LogP contribution < -0.4 is 0 Å². The Labute approximate surface area is 159 Å². The van der Waals surface area contributed by atoms with Crippen molar-refractivity contribution >= 4 is 0 Å². The van der Waals surface area contributed by atoms with Crippen LogP contribution >= 0.6 is 0 Å². The summed E-state index contributed by atoms with van der Waals surface area (Å²) in [5, 5.41) is 19.7. The van der Waals surface area contributed by atoms with E-state index in [0.717, 1.165) is 44.4 Å². The molecular formula is C23H37NO2. The second-order valence-electron chi connectivity index (χ2n) is 9.97. The zero-order valence-corrected chi connectivity index (χ0v) is 17.1. The van der Waals surface area contributed by atoms with E-state index < -0.39 is 5.60 Å². The SMILES string of the molecule is COC1CC(CCC2CC(C)(O)CCC2C)C2CCC(=CC#N)C2(C)C1. The molecule has 3 nitrogen and oxygen atoms in total. The van der Waals surface area contributed by atoms with E-state index in [1.165, 1.54) is 24.8 Å². The maximum absolute atomic E-state index is 10.5. The highest BCUT2D eigenvalue weighted by Crippen LogP contribution is 2.58. The Hall–Kier alpha value is -0.850. The van der Waals surface area contributed by atoms with Crippen LogP contribution in [0.3, 0.4) is 0 Å². The van der Waals surface area contributed by atoms with Gasteiger partial charge < -0.3 is 9.84 Å². The number of rotatable bonds is 4. The monoisotopic (exact) mass is 359 g/mol. The summed E-state index contributed by atoms with van der Waals surface area (Å²) < 4.78 is 5.82. The molecule has 0 aromatic heterocycles. The molecule has 3 saturated carbocycles. The summed E-state index contributed by atoms with van der Waals surface area (Å²) in [6.07, 6.45) is 12.2. The number of hydrogen-bond donors (Lipinski definition) is 1. The molecule has 0 aliphatic heterocycles. The second kappa shape index (κ2) is 7.64. The fourth-order valence-electron chi connectivity index (χ4n) is 6.52. The van der Waals surface area contributed by atoms with Crippen molar-refractivity contribution in [1.82, 2.24) is 0 Å². The van der Waals surface area contributed by atoms with E-state index in [0.29, 0.717) is 23.9 Å². The minimum atomic E-state index is -0.469. The topological polar surface area (TPSA) is 53.2 Å². The predicted molar refractivity (Wildman–Crippen MR) is 104 cm³/mol. The van der Waals surface area contributed by atoms with E-state index >= 15 is 0 Å². The molecule has 3 aliphatic carbocycles. The Morgan fingerprint density at radius 1 is 1.23 bits per heavy atom. The van der Waals surface area contributed by atoms with Gasteiger partial charge in [-0.05, 0) is 93.8 Å². The first-order valence-corrected chi connectivity index (χ1v) is 10.6. The van der Waals surface area contributed by atoms with Crippen LogP contribution in [0.1, 0.15) is 78.6 Å². The highest BCUT2D eigenvalue weighted by molar-refractivity contribution is 5.27. The van der Waals surface area contributed by atoms with E-state index in [4.69, 9.17) is 4.74 Å². The van der Waals surface area contributed by atoms with Gasteiger partial charge >= 0.3 is 0 Å². The van der Waals surface area contributed by atoms with Gasteiger partial charge in [-0.2, -0.15) is 5.26 Å². The molecule has 0 aromatic carbocycles. The van der Waals surface area contributed by atoms with Gasteiger partial charge in [0, 0.05) is 13.2 Å². The van der Waals surface area contributed by atoms with E-state index in [1.807, 2.05) is 20.1 Å². The normalized spacial score (nSPS) is 47.5. The Balaban J connectivity index is 1.71. The molecule has 0 saturated heterocycles. The zero-order valence-electron chi connectivity index (χ0n) is 17.1. The Bertz CT molecular complexity index is 575. The lowest BCUT2D eigenvalue weighted by molar-refractivity contribution is -0.0367. The summed E-state index contributed by atoms with van der Waals surface area (Å²) in [6.45, 7) is 6.76. The summed E-state index contributed by atoms with van der Waals surface area (Å²) in [5.41, 5.74) is 1.03. The van der Waals surface area contributed by atoms with E-state index in [9.17, 15) is 10.4 Å². The summed E-state index contributed by atoms with van der Waals surface area (Å²) >= 11 is 0. The van der Waals surface area contributed by atoms with Crippen molar-refractivity contribution in [1.29, 1.82) is 5.26 Å². The molecule has 7 atom stereocenters. The number of aliphatic hydroxyl groups is 1. The first-order chi connectivity index (χ1) is 12.3. The minimum Gasteiger partial charge on any atom is -0.390 e. The third-order valence-corrected chi connectivity index (χ3v) is 8.19. The van der Waals surface area contributed by atoms with Crippen LogP contribution in [0.2, 0.25) is 0 Å². The number of methoxy groups -OCH3 is 1. The quantitative estimate of drug-likeness (QED) is 0.698. The average molecular weight is 360 g/mol. The molecule has 3 aliphatic rings. The first kappa shape index (κ1) is 19.9.